The second-order valence-corrected chi connectivity index (χ2v) is 5.80. The van der Waals surface area contributed by atoms with Crippen LogP contribution in [0.5, 0.6) is 0 Å². The first-order valence-corrected chi connectivity index (χ1v) is 7.88. The van der Waals surface area contributed by atoms with Crippen LogP contribution in [0.25, 0.3) is 11.1 Å². The number of halogens is 1. The van der Waals surface area contributed by atoms with E-state index < -0.39 is 0 Å². The maximum Gasteiger partial charge on any atom is 0.0535 e. The predicted octanol–water partition coefficient (Wildman–Crippen LogP) is 4.59. The maximum absolute atomic E-state index is 7.42. The summed E-state index contributed by atoms with van der Waals surface area (Å²) in [5, 5.41) is 11.5. The van der Waals surface area contributed by atoms with Gasteiger partial charge in [-0.05, 0) is 35.4 Å². The van der Waals surface area contributed by atoms with Crippen LogP contribution >= 0.6 is 11.6 Å². The fourth-order valence-electron chi connectivity index (χ4n) is 2.41. The summed E-state index contributed by atoms with van der Waals surface area (Å²) in [6.07, 6.45) is 4.82. The first kappa shape index (κ1) is 16.0. The lowest BCUT2D eigenvalue weighted by Gasteiger charge is -2.10. The molecule has 0 bridgehead atoms. The van der Waals surface area contributed by atoms with Gasteiger partial charge in [-0.1, -0.05) is 35.9 Å². The van der Waals surface area contributed by atoms with E-state index in [1.54, 1.807) is 18.5 Å². The van der Waals surface area contributed by atoms with Crippen molar-refractivity contribution >= 4 is 29.2 Å². The number of nitrogens with two attached hydrogens (primary N) is 1. The average molecular weight is 337 g/mol. The van der Waals surface area contributed by atoms with E-state index in [2.05, 4.69) is 10.3 Å². The monoisotopic (exact) mass is 336 g/mol. The van der Waals surface area contributed by atoms with Gasteiger partial charge in [0, 0.05) is 47.0 Å². The lowest BCUT2D eigenvalue weighted by molar-refractivity contribution is 1.14. The molecule has 0 aliphatic heterocycles. The van der Waals surface area contributed by atoms with E-state index in [1.807, 2.05) is 42.5 Å². The van der Waals surface area contributed by atoms with E-state index in [1.165, 1.54) is 6.21 Å². The number of benzene rings is 2. The second-order valence-electron chi connectivity index (χ2n) is 5.40. The topological polar surface area (TPSA) is 74.8 Å². The molecule has 0 amide bonds. The summed E-state index contributed by atoms with van der Waals surface area (Å²) in [5.74, 6) is 0. The van der Waals surface area contributed by atoms with E-state index in [4.69, 9.17) is 22.7 Å². The number of rotatable bonds is 5. The minimum Gasteiger partial charge on any atom is -0.398 e. The van der Waals surface area contributed by atoms with Crippen molar-refractivity contribution in [1.29, 1.82) is 5.41 Å². The van der Waals surface area contributed by atoms with Gasteiger partial charge in [0.1, 0.15) is 0 Å². The van der Waals surface area contributed by atoms with Crippen molar-refractivity contribution in [3.63, 3.8) is 0 Å². The summed E-state index contributed by atoms with van der Waals surface area (Å²) in [7, 11) is 0. The summed E-state index contributed by atoms with van der Waals surface area (Å²) >= 11 is 6.18. The first-order valence-electron chi connectivity index (χ1n) is 7.50. The van der Waals surface area contributed by atoms with Crippen molar-refractivity contribution < 1.29 is 0 Å². The largest absolute Gasteiger partial charge is 0.398 e. The Morgan fingerprint density at radius 3 is 2.71 bits per heavy atom. The van der Waals surface area contributed by atoms with Gasteiger partial charge in [0.2, 0.25) is 0 Å². The van der Waals surface area contributed by atoms with Crippen LogP contribution in [0.1, 0.15) is 11.1 Å². The number of nitrogen functional groups attached to an aromatic ring is 1. The van der Waals surface area contributed by atoms with E-state index in [9.17, 15) is 0 Å². The zero-order valence-electron chi connectivity index (χ0n) is 13.0. The lowest BCUT2D eigenvalue weighted by Crippen LogP contribution is -2.00. The van der Waals surface area contributed by atoms with E-state index >= 15 is 0 Å². The molecule has 0 aliphatic rings. The van der Waals surface area contributed by atoms with Gasteiger partial charge >= 0.3 is 0 Å². The van der Waals surface area contributed by atoms with Crippen molar-refractivity contribution in [3.05, 3.63) is 77.1 Å². The Kier molecular flexibility index (Phi) is 4.77. The summed E-state index contributed by atoms with van der Waals surface area (Å²) in [6, 6.07) is 15.4. The van der Waals surface area contributed by atoms with Crippen LogP contribution in [0.3, 0.4) is 0 Å². The molecule has 24 heavy (non-hydrogen) atoms. The molecule has 3 rings (SSSR count). The van der Waals surface area contributed by atoms with Gasteiger partial charge < -0.3 is 16.5 Å². The molecular formula is C19H17ClN4. The van der Waals surface area contributed by atoms with Gasteiger partial charge in [-0.25, -0.2) is 0 Å². The van der Waals surface area contributed by atoms with Crippen LogP contribution in [0.4, 0.5) is 11.4 Å². The Bertz CT molecular complexity index is 877. The molecule has 0 fully saturated rings. The van der Waals surface area contributed by atoms with Gasteiger partial charge in [-0.15, -0.1) is 0 Å². The second kappa shape index (κ2) is 7.15. The molecule has 0 spiro atoms. The molecule has 1 heterocycles. The zero-order chi connectivity index (χ0) is 16.9. The van der Waals surface area contributed by atoms with E-state index in [0.717, 1.165) is 27.4 Å². The molecule has 0 unspecified atom stereocenters. The molecule has 1 aromatic heterocycles. The third-order valence-electron chi connectivity index (χ3n) is 3.75. The number of pyridine rings is 1. The van der Waals surface area contributed by atoms with Crippen LogP contribution in [0, 0.1) is 5.41 Å². The molecule has 5 heteroatoms. The zero-order valence-corrected chi connectivity index (χ0v) is 13.7. The van der Waals surface area contributed by atoms with Crippen molar-refractivity contribution in [1.82, 2.24) is 4.98 Å². The highest BCUT2D eigenvalue weighted by molar-refractivity contribution is 6.31. The van der Waals surface area contributed by atoms with Crippen molar-refractivity contribution in [2.45, 2.75) is 6.54 Å². The molecule has 2 aromatic carbocycles. The predicted molar refractivity (Wildman–Crippen MR) is 101 cm³/mol. The van der Waals surface area contributed by atoms with Crippen LogP contribution in [-0.2, 0) is 6.54 Å². The molecule has 0 atom stereocenters. The smallest absolute Gasteiger partial charge is 0.0535 e. The SMILES string of the molecule is N=Cc1cc(-c2cncc(NCc3ccccc3Cl)c2)ccc1N. The number of aromatic nitrogens is 1. The van der Waals surface area contributed by atoms with E-state index in [0.29, 0.717) is 17.8 Å². The first-order chi connectivity index (χ1) is 11.7. The van der Waals surface area contributed by atoms with Crippen molar-refractivity contribution in [2.75, 3.05) is 11.1 Å². The van der Waals surface area contributed by atoms with Gasteiger partial charge in [0.25, 0.3) is 0 Å². The number of nitrogens with zero attached hydrogens (tertiary/aromatic N) is 1. The molecule has 4 nitrogen and oxygen atoms in total. The number of anilines is 2. The highest BCUT2D eigenvalue weighted by atomic mass is 35.5. The van der Waals surface area contributed by atoms with Gasteiger partial charge in [0.05, 0.1) is 5.69 Å². The minimum absolute atomic E-state index is 0.592. The van der Waals surface area contributed by atoms with Crippen molar-refractivity contribution in [2.24, 2.45) is 0 Å². The molecule has 0 radical (unpaired) electrons. The Hall–Kier alpha value is -2.85. The quantitative estimate of drug-likeness (QED) is 0.471. The van der Waals surface area contributed by atoms with Gasteiger partial charge in [-0.2, -0.15) is 0 Å². The Labute approximate surface area is 145 Å². The van der Waals surface area contributed by atoms with Crippen LogP contribution in [0.15, 0.2) is 60.9 Å². The van der Waals surface area contributed by atoms with E-state index in [-0.39, 0.29) is 0 Å². The standard InChI is InChI=1S/C19H17ClN4/c20-18-4-2-1-3-14(18)11-24-17-8-16(10-23-12-17)13-5-6-19(22)15(7-13)9-21/h1-10,12,21,24H,11,22H2. The molecule has 4 N–H and O–H groups in total. The molecule has 0 saturated heterocycles. The molecule has 120 valence electrons. The summed E-state index contributed by atoms with van der Waals surface area (Å²) < 4.78 is 0. The lowest BCUT2D eigenvalue weighted by atomic mass is 10.0. The normalized spacial score (nSPS) is 10.4. The highest BCUT2D eigenvalue weighted by Crippen LogP contribution is 2.25. The third kappa shape index (κ3) is 3.55. The average Bonchev–Trinajstić information content (AvgIpc) is 2.62. The molecule has 0 saturated carbocycles. The minimum atomic E-state index is 0.592. The van der Waals surface area contributed by atoms with Gasteiger partial charge in [0.15, 0.2) is 0 Å². The fraction of sp³-hybridized carbons (Fsp3) is 0.0526. The van der Waals surface area contributed by atoms with Crippen LogP contribution < -0.4 is 11.1 Å². The summed E-state index contributed by atoms with van der Waals surface area (Å²) in [6.45, 7) is 0.623. The van der Waals surface area contributed by atoms with Crippen molar-refractivity contribution in [3.8, 4) is 11.1 Å². The Morgan fingerprint density at radius 2 is 1.92 bits per heavy atom. The summed E-state index contributed by atoms with van der Waals surface area (Å²) in [4.78, 5) is 4.29. The Balaban J connectivity index is 1.82. The Morgan fingerprint density at radius 1 is 1.08 bits per heavy atom. The molecule has 3 aromatic rings. The van der Waals surface area contributed by atoms with Crippen LogP contribution in [-0.4, -0.2) is 11.2 Å². The van der Waals surface area contributed by atoms with Gasteiger partial charge in [-0.3, -0.25) is 4.98 Å². The fourth-order valence-corrected chi connectivity index (χ4v) is 2.62. The number of hydrogen-bond acceptors (Lipinski definition) is 4. The molecular weight excluding hydrogens is 320 g/mol. The number of nitrogens with one attached hydrogen (secondary N) is 2. The molecule has 0 aliphatic carbocycles. The maximum atomic E-state index is 7.42. The number of hydrogen-bond donors (Lipinski definition) is 3. The third-order valence-corrected chi connectivity index (χ3v) is 4.12. The van der Waals surface area contributed by atoms with Crippen LogP contribution in [0.2, 0.25) is 5.02 Å². The highest BCUT2D eigenvalue weighted by Gasteiger charge is 2.04. The summed E-state index contributed by atoms with van der Waals surface area (Å²) in [5.41, 5.74) is 11.0.